The summed E-state index contributed by atoms with van der Waals surface area (Å²) in [4.78, 5) is 24.3. The molecule has 3 unspecified atom stereocenters. The summed E-state index contributed by atoms with van der Waals surface area (Å²) in [5, 5.41) is 69.6. The van der Waals surface area contributed by atoms with Crippen LogP contribution in [-0.2, 0) is 9.53 Å². The maximum absolute atomic E-state index is 13.0. The molecule has 14 heteroatoms. The summed E-state index contributed by atoms with van der Waals surface area (Å²) in [6, 6.07) is 4.61. The molecule has 198 valence electrons. The summed E-state index contributed by atoms with van der Waals surface area (Å²) in [6.45, 7) is 0. The van der Waals surface area contributed by atoms with E-state index in [9.17, 15) is 40.2 Å². The van der Waals surface area contributed by atoms with Crippen molar-refractivity contribution in [2.45, 2.75) is 30.7 Å². The van der Waals surface area contributed by atoms with E-state index in [2.05, 4.69) is 0 Å². The van der Waals surface area contributed by atoms with Crippen molar-refractivity contribution in [3.05, 3.63) is 34.5 Å². The van der Waals surface area contributed by atoms with Gasteiger partial charge in [-0.2, -0.15) is 0 Å². The van der Waals surface area contributed by atoms with Crippen molar-refractivity contribution in [3.8, 4) is 45.8 Å². The largest absolute Gasteiger partial charge is 0.504 e. The molecule has 0 aliphatic carbocycles. The minimum absolute atomic E-state index is 0.0829. The predicted molar refractivity (Wildman–Crippen MR) is 121 cm³/mol. The van der Waals surface area contributed by atoms with E-state index >= 15 is 0 Å². The predicted octanol–water partition coefficient (Wildman–Crippen LogP) is -0.135. The number of phenolic OH excluding ortho intramolecular Hbond substituents is 3. The smallest absolute Gasteiger partial charge is 0.335 e. The Morgan fingerprint density at radius 3 is 2.19 bits per heavy atom. The zero-order chi connectivity index (χ0) is 27.2. The Balaban J connectivity index is 1.73. The molecule has 7 N–H and O–H groups in total. The lowest BCUT2D eigenvalue weighted by Gasteiger charge is -2.38. The van der Waals surface area contributed by atoms with Gasteiger partial charge in [0, 0.05) is 11.6 Å². The molecule has 4 rings (SSSR count). The second-order valence-corrected chi connectivity index (χ2v) is 7.98. The highest BCUT2D eigenvalue weighted by molar-refractivity contribution is 5.91. The van der Waals surface area contributed by atoms with E-state index in [1.807, 2.05) is 0 Å². The molecular formula is C23H22O14. The van der Waals surface area contributed by atoms with E-state index in [1.165, 1.54) is 26.4 Å². The molecule has 0 radical (unpaired) electrons. The number of methoxy groups -OCH3 is 2. The highest BCUT2D eigenvalue weighted by atomic mass is 16.7. The number of aromatic hydroxyl groups is 3. The van der Waals surface area contributed by atoms with Crippen LogP contribution >= 0.6 is 0 Å². The molecule has 1 aromatic heterocycles. The number of rotatable bonds is 6. The van der Waals surface area contributed by atoms with Crippen LogP contribution in [0.2, 0.25) is 0 Å². The molecule has 37 heavy (non-hydrogen) atoms. The van der Waals surface area contributed by atoms with Gasteiger partial charge >= 0.3 is 5.97 Å². The minimum atomic E-state index is -1.93. The molecule has 5 atom stereocenters. The number of aliphatic hydroxyl groups excluding tert-OH is 3. The van der Waals surface area contributed by atoms with Crippen LogP contribution in [0.25, 0.3) is 22.3 Å². The summed E-state index contributed by atoms with van der Waals surface area (Å²) < 4.78 is 26.1. The van der Waals surface area contributed by atoms with Crippen molar-refractivity contribution in [3.63, 3.8) is 0 Å². The van der Waals surface area contributed by atoms with E-state index in [-0.39, 0.29) is 39.5 Å². The number of fused-ring (bicyclic) bond motifs is 1. The summed E-state index contributed by atoms with van der Waals surface area (Å²) >= 11 is 0. The normalized spacial score (nSPS) is 23.5. The number of aliphatic carboxylic acids is 1. The van der Waals surface area contributed by atoms with Crippen molar-refractivity contribution in [1.82, 2.24) is 0 Å². The van der Waals surface area contributed by atoms with Gasteiger partial charge in [0.1, 0.15) is 29.3 Å². The number of aliphatic hydroxyl groups is 3. The summed E-state index contributed by atoms with van der Waals surface area (Å²) in [5.41, 5.74) is -0.942. The van der Waals surface area contributed by atoms with Crippen molar-refractivity contribution in [1.29, 1.82) is 0 Å². The second-order valence-electron chi connectivity index (χ2n) is 7.98. The number of benzene rings is 2. The Hall–Kier alpha value is -4.24. The van der Waals surface area contributed by atoms with Crippen LogP contribution in [0.1, 0.15) is 0 Å². The number of carbonyl (C=O) groups is 1. The Morgan fingerprint density at radius 1 is 0.919 bits per heavy atom. The van der Waals surface area contributed by atoms with Gasteiger partial charge in [-0.15, -0.1) is 0 Å². The number of carboxylic acid groups (broad SMARTS) is 1. The average molecular weight is 522 g/mol. The van der Waals surface area contributed by atoms with Crippen molar-refractivity contribution in [2.24, 2.45) is 0 Å². The quantitative estimate of drug-likeness (QED) is 0.224. The molecule has 0 bridgehead atoms. The van der Waals surface area contributed by atoms with E-state index in [0.717, 1.165) is 12.1 Å². The monoisotopic (exact) mass is 522 g/mol. The molecular weight excluding hydrogens is 500 g/mol. The minimum Gasteiger partial charge on any atom is -0.504 e. The van der Waals surface area contributed by atoms with E-state index in [4.69, 9.17) is 28.5 Å². The Labute approximate surface area is 206 Å². The highest BCUT2D eigenvalue weighted by Crippen LogP contribution is 2.44. The Bertz CT molecular complexity index is 1410. The first-order valence-electron chi connectivity index (χ1n) is 10.6. The first-order valence-corrected chi connectivity index (χ1v) is 10.6. The van der Waals surface area contributed by atoms with Gasteiger partial charge in [-0.1, -0.05) is 0 Å². The molecule has 0 saturated carbocycles. The van der Waals surface area contributed by atoms with Crippen LogP contribution in [0.5, 0.6) is 34.5 Å². The fraction of sp³-hybridized carbons (Fsp3) is 0.304. The number of phenols is 3. The number of hydrogen-bond acceptors (Lipinski definition) is 13. The standard InChI is InChI=1S/C23H22O14/c1-33-19-9(25)6-11-12(13(19)26)14(27)20(34-2)18(35-11)7-3-4-10(8(24)5-7)36-23-17(30)15(28)16(29)21(37-23)22(31)32/h3-6,15-17,21,23-26,28-30H,1-2H3,(H,31,32)/t15?,16-,17?,21?,23+/m0/s1. The van der Waals surface area contributed by atoms with Gasteiger partial charge in [0.2, 0.25) is 23.2 Å². The van der Waals surface area contributed by atoms with Gasteiger partial charge in [0.05, 0.1) is 14.2 Å². The van der Waals surface area contributed by atoms with Crippen LogP contribution in [0, 0.1) is 0 Å². The summed E-state index contributed by atoms with van der Waals surface area (Å²) in [5.74, 6) is -4.56. The molecule has 2 aromatic carbocycles. The molecule has 0 amide bonds. The lowest BCUT2D eigenvalue weighted by molar-refractivity contribution is -0.271. The SMILES string of the molecule is COc1c(O)cc2oc(-c3ccc(O[C@@H]4OC(C(=O)O)[C@@H](O)C(O)C4O)c(O)c3)c(OC)c(=O)c2c1O. The number of ether oxygens (including phenoxy) is 4. The molecule has 14 nitrogen and oxygen atoms in total. The zero-order valence-corrected chi connectivity index (χ0v) is 19.2. The van der Waals surface area contributed by atoms with Gasteiger partial charge in [0.15, 0.2) is 34.9 Å². The Morgan fingerprint density at radius 2 is 1.59 bits per heavy atom. The fourth-order valence-corrected chi connectivity index (χ4v) is 3.90. The second kappa shape index (κ2) is 9.67. The molecule has 2 heterocycles. The first-order chi connectivity index (χ1) is 17.5. The van der Waals surface area contributed by atoms with Crippen molar-refractivity contribution in [2.75, 3.05) is 14.2 Å². The van der Waals surface area contributed by atoms with Crippen LogP contribution in [0.4, 0.5) is 0 Å². The molecule has 1 saturated heterocycles. The van der Waals surface area contributed by atoms with Gasteiger partial charge in [-0.05, 0) is 18.2 Å². The molecule has 1 aliphatic rings. The third-order valence-electron chi connectivity index (χ3n) is 5.74. The fourth-order valence-electron chi connectivity index (χ4n) is 3.90. The van der Waals surface area contributed by atoms with E-state index in [0.29, 0.717) is 0 Å². The van der Waals surface area contributed by atoms with Gasteiger partial charge in [-0.25, -0.2) is 4.79 Å². The van der Waals surface area contributed by atoms with Gasteiger partial charge < -0.3 is 59.1 Å². The average Bonchev–Trinajstić information content (AvgIpc) is 2.84. The van der Waals surface area contributed by atoms with Crippen LogP contribution in [0.3, 0.4) is 0 Å². The van der Waals surface area contributed by atoms with Crippen molar-refractivity contribution < 1.29 is 63.9 Å². The lowest BCUT2D eigenvalue weighted by Crippen LogP contribution is -2.61. The lowest BCUT2D eigenvalue weighted by atomic mass is 9.99. The van der Waals surface area contributed by atoms with Crippen LogP contribution in [0.15, 0.2) is 33.5 Å². The summed E-state index contributed by atoms with van der Waals surface area (Å²) in [6.07, 6.45) is -9.38. The maximum atomic E-state index is 13.0. The van der Waals surface area contributed by atoms with E-state index < -0.39 is 59.4 Å². The molecule has 3 aromatic rings. The Kier molecular flexibility index (Phi) is 6.75. The molecule has 1 aliphatic heterocycles. The van der Waals surface area contributed by atoms with Crippen LogP contribution in [-0.4, -0.2) is 86.6 Å². The van der Waals surface area contributed by atoms with E-state index in [1.54, 1.807) is 0 Å². The third kappa shape index (κ3) is 4.31. The molecule has 0 spiro atoms. The van der Waals surface area contributed by atoms with Gasteiger partial charge in [-0.3, -0.25) is 4.79 Å². The van der Waals surface area contributed by atoms with Crippen molar-refractivity contribution >= 4 is 16.9 Å². The topological polar surface area (TPSA) is 226 Å². The zero-order valence-electron chi connectivity index (χ0n) is 19.2. The third-order valence-corrected chi connectivity index (χ3v) is 5.74. The van der Waals surface area contributed by atoms with Gasteiger partial charge in [0.25, 0.3) is 0 Å². The maximum Gasteiger partial charge on any atom is 0.335 e. The van der Waals surface area contributed by atoms with Crippen LogP contribution < -0.4 is 19.6 Å². The first kappa shape index (κ1) is 25.8. The molecule has 1 fully saturated rings. The highest BCUT2D eigenvalue weighted by Gasteiger charge is 2.48. The number of carboxylic acids is 1. The summed E-state index contributed by atoms with van der Waals surface area (Å²) in [7, 11) is 2.36. The number of hydrogen-bond donors (Lipinski definition) is 7.